The van der Waals surface area contributed by atoms with Crippen molar-refractivity contribution < 1.29 is 9.59 Å². The SMILES string of the molecule is CCN(CCCNC(=O)c1ccccc1NC(=O)c1ccsc1)c1ccccc1. The van der Waals surface area contributed by atoms with Gasteiger partial charge in [-0.25, -0.2) is 0 Å². The second-order valence-electron chi connectivity index (χ2n) is 6.54. The molecule has 2 amide bonds. The number of para-hydroxylation sites is 2. The van der Waals surface area contributed by atoms with Gasteiger partial charge in [0.25, 0.3) is 11.8 Å². The van der Waals surface area contributed by atoms with E-state index in [0.717, 1.165) is 19.5 Å². The van der Waals surface area contributed by atoms with Crippen LogP contribution in [0.25, 0.3) is 0 Å². The molecule has 1 aromatic heterocycles. The maximum atomic E-state index is 12.6. The maximum Gasteiger partial charge on any atom is 0.256 e. The molecule has 5 nitrogen and oxygen atoms in total. The first-order valence-electron chi connectivity index (χ1n) is 9.70. The van der Waals surface area contributed by atoms with Gasteiger partial charge in [-0.1, -0.05) is 30.3 Å². The molecule has 3 rings (SSSR count). The van der Waals surface area contributed by atoms with E-state index >= 15 is 0 Å². The second kappa shape index (κ2) is 10.4. The van der Waals surface area contributed by atoms with Gasteiger partial charge in [0.2, 0.25) is 0 Å². The monoisotopic (exact) mass is 407 g/mol. The van der Waals surface area contributed by atoms with Crippen molar-refractivity contribution in [2.75, 3.05) is 29.9 Å². The highest BCUT2D eigenvalue weighted by molar-refractivity contribution is 7.08. The Morgan fingerprint density at radius 2 is 1.72 bits per heavy atom. The summed E-state index contributed by atoms with van der Waals surface area (Å²) in [6.07, 6.45) is 0.831. The van der Waals surface area contributed by atoms with Crippen LogP contribution >= 0.6 is 11.3 Å². The average Bonchev–Trinajstić information content (AvgIpc) is 3.30. The van der Waals surface area contributed by atoms with Crippen molar-refractivity contribution in [3.63, 3.8) is 0 Å². The molecule has 2 aromatic carbocycles. The normalized spacial score (nSPS) is 10.4. The molecule has 0 aliphatic rings. The lowest BCUT2D eigenvalue weighted by Gasteiger charge is -2.23. The third kappa shape index (κ3) is 5.68. The Kier molecular flexibility index (Phi) is 7.41. The minimum absolute atomic E-state index is 0.186. The number of anilines is 2. The molecule has 0 unspecified atom stereocenters. The Balaban J connectivity index is 1.54. The summed E-state index contributed by atoms with van der Waals surface area (Å²) >= 11 is 1.46. The number of nitrogens with one attached hydrogen (secondary N) is 2. The van der Waals surface area contributed by atoms with Gasteiger partial charge in [-0.2, -0.15) is 11.3 Å². The van der Waals surface area contributed by atoms with E-state index in [1.165, 1.54) is 17.0 Å². The Morgan fingerprint density at radius 1 is 0.966 bits per heavy atom. The van der Waals surface area contributed by atoms with E-state index in [9.17, 15) is 9.59 Å². The standard InChI is InChI=1S/C23H25N3O2S/c1-2-26(19-9-4-3-5-10-19)15-8-14-24-23(28)20-11-6-7-12-21(20)25-22(27)18-13-16-29-17-18/h3-7,9-13,16-17H,2,8,14-15H2,1H3,(H,24,28)(H,25,27). The molecule has 6 heteroatoms. The summed E-state index contributed by atoms with van der Waals surface area (Å²) in [5, 5.41) is 9.43. The average molecular weight is 408 g/mol. The van der Waals surface area contributed by atoms with Gasteiger partial charge < -0.3 is 15.5 Å². The fourth-order valence-electron chi connectivity index (χ4n) is 3.05. The summed E-state index contributed by atoms with van der Waals surface area (Å²) in [6, 6.07) is 19.1. The topological polar surface area (TPSA) is 61.4 Å². The number of carbonyl (C=O) groups is 2. The molecule has 0 fully saturated rings. The first-order valence-corrected chi connectivity index (χ1v) is 10.6. The minimum atomic E-state index is -0.215. The number of nitrogens with zero attached hydrogens (tertiary/aromatic N) is 1. The van der Waals surface area contributed by atoms with Crippen LogP contribution in [0.15, 0.2) is 71.4 Å². The number of benzene rings is 2. The minimum Gasteiger partial charge on any atom is -0.372 e. The maximum absolute atomic E-state index is 12.6. The van der Waals surface area contributed by atoms with E-state index < -0.39 is 0 Å². The summed E-state index contributed by atoms with van der Waals surface area (Å²) in [7, 11) is 0. The van der Waals surface area contributed by atoms with Crippen molar-refractivity contribution in [1.82, 2.24) is 5.32 Å². The second-order valence-corrected chi connectivity index (χ2v) is 7.32. The zero-order valence-electron chi connectivity index (χ0n) is 16.4. The van der Waals surface area contributed by atoms with Crippen LogP contribution in [-0.2, 0) is 0 Å². The first-order chi connectivity index (χ1) is 14.2. The van der Waals surface area contributed by atoms with Crippen LogP contribution < -0.4 is 15.5 Å². The van der Waals surface area contributed by atoms with Gasteiger partial charge in [-0.3, -0.25) is 9.59 Å². The van der Waals surface area contributed by atoms with Crippen LogP contribution in [-0.4, -0.2) is 31.4 Å². The van der Waals surface area contributed by atoms with E-state index in [1.807, 2.05) is 23.6 Å². The molecule has 150 valence electrons. The zero-order valence-corrected chi connectivity index (χ0v) is 17.2. The van der Waals surface area contributed by atoms with E-state index in [2.05, 4.69) is 34.6 Å². The summed E-state index contributed by atoms with van der Waals surface area (Å²) in [5.41, 5.74) is 2.75. The first kappa shape index (κ1) is 20.6. The summed E-state index contributed by atoms with van der Waals surface area (Å²) in [4.78, 5) is 27.2. The van der Waals surface area contributed by atoms with Gasteiger partial charge in [0, 0.05) is 30.7 Å². The van der Waals surface area contributed by atoms with Gasteiger partial charge in [0.15, 0.2) is 0 Å². The largest absolute Gasteiger partial charge is 0.372 e. The fourth-order valence-corrected chi connectivity index (χ4v) is 3.69. The number of carbonyl (C=O) groups excluding carboxylic acids is 2. The van der Waals surface area contributed by atoms with Crippen molar-refractivity contribution in [2.24, 2.45) is 0 Å². The summed E-state index contributed by atoms with van der Waals surface area (Å²) < 4.78 is 0. The van der Waals surface area contributed by atoms with Crippen LogP contribution in [0.3, 0.4) is 0 Å². The Hall–Kier alpha value is -3.12. The lowest BCUT2D eigenvalue weighted by atomic mass is 10.1. The number of thiophene rings is 1. The van der Waals surface area contributed by atoms with Crippen molar-refractivity contribution in [3.05, 3.63) is 82.6 Å². The zero-order chi connectivity index (χ0) is 20.5. The van der Waals surface area contributed by atoms with Gasteiger partial charge in [-0.15, -0.1) is 0 Å². The highest BCUT2D eigenvalue weighted by Gasteiger charge is 2.14. The summed E-state index contributed by atoms with van der Waals surface area (Å²) in [6.45, 7) is 4.46. The van der Waals surface area contributed by atoms with Crippen molar-refractivity contribution >= 4 is 34.5 Å². The predicted molar refractivity (Wildman–Crippen MR) is 120 cm³/mol. The van der Waals surface area contributed by atoms with Gasteiger partial charge >= 0.3 is 0 Å². The number of amides is 2. The molecule has 0 radical (unpaired) electrons. The third-order valence-corrected chi connectivity index (χ3v) is 5.28. The highest BCUT2D eigenvalue weighted by atomic mass is 32.1. The number of hydrogen-bond acceptors (Lipinski definition) is 4. The molecule has 1 heterocycles. The van der Waals surface area contributed by atoms with Crippen LogP contribution in [0.1, 0.15) is 34.1 Å². The molecule has 0 saturated heterocycles. The fraction of sp³-hybridized carbons (Fsp3) is 0.217. The Labute approximate surface area is 175 Å². The van der Waals surface area contributed by atoms with E-state index in [0.29, 0.717) is 23.4 Å². The van der Waals surface area contributed by atoms with E-state index in [1.54, 1.807) is 35.7 Å². The third-order valence-electron chi connectivity index (χ3n) is 4.60. The molecule has 3 aromatic rings. The number of hydrogen-bond donors (Lipinski definition) is 2. The van der Waals surface area contributed by atoms with Crippen LogP contribution in [0.4, 0.5) is 11.4 Å². The van der Waals surface area contributed by atoms with Crippen molar-refractivity contribution in [3.8, 4) is 0 Å². The molecule has 0 atom stereocenters. The molecule has 0 spiro atoms. The Bertz CT molecular complexity index is 926. The van der Waals surface area contributed by atoms with Crippen molar-refractivity contribution in [2.45, 2.75) is 13.3 Å². The molecular weight excluding hydrogens is 382 g/mol. The quantitative estimate of drug-likeness (QED) is 0.508. The van der Waals surface area contributed by atoms with E-state index in [4.69, 9.17) is 0 Å². The smallest absolute Gasteiger partial charge is 0.256 e. The van der Waals surface area contributed by atoms with Gasteiger partial charge in [-0.05, 0) is 49.1 Å². The molecule has 0 aliphatic heterocycles. The molecule has 2 N–H and O–H groups in total. The van der Waals surface area contributed by atoms with E-state index in [-0.39, 0.29) is 11.8 Å². The van der Waals surface area contributed by atoms with Crippen molar-refractivity contribution in [1.29, 1.82) is 0 Å². The van der Waals surface area contributed by atoms with Crippen LogP contribution in [0.5, 0.6) is 0 Å². The van der Waals surface area contributed by atoms with Gasteiger partial charge in [0.05, 0.1) is 16.8 Å². The molecular formula is C23H25N3O2S. The van der Waals surface area contributed by atoms with Crippen LogP contribution in [0, 0.1) is 0 Å². The lowest BCUT2D eigenvalue weighted by molar-refractivity contribution is 0.0954. The lowest BCUT2D eigenvalue weighted by Crippen LogP contribution is -2.30. The predicted octanol–water partition coefficient (Wildman–Crippen LogP) is 4.65. The highest BCUT2D eigenvalue weighted by Crippen LogP contribution is 2.17. The molecule has 0 aliphatic carbocycles. The molecule has 0 saturated carbocycles. The molecule has 29 heavy (non-hydrogen) atoms. The molecule has 0 bridgehead atoms. The van der Waals surface area contributed by atoms with Crippen LogP contribution in [0.2, 0.25) is 0 Å². The van der Waals surface area contributed by atoms with Gasteiger partial charge in [0.1, 0.15) is 0 Å². The Morgan fingerprint density at radius 3 is 2.45 bits per heavy atom. The summed E-state index contributed by atoms with van der Waals surface area (Å²) in [5.74, 6) is -0.401. The number of rotatable bonds is 9.